The third-order valence-corrected chi connectivity index (χ3v) is 2.48. The molecular formula is C11H13FO2. The van der Waals surface area contributed by atoms with Gasteiger partial charge in [-0.1, -0.05) is 12.1 Å². The molecule has 1 heterocycles. The average Bonchev–Trinajstić information content (AvgIpc) is 2.18. The SMILES string of the molecule is O[C@H]1CCO[C@@H](c2cccc(F)c2)C1. The first kappa shape index (κ1) is 9.62. The summed E-state index contributed by atoms with van der Waals surface area (Å²) in [6.45, 7) is 0.544. The van der Waals surface area contributed by atoms with E-state index in [0.717, 1.165) is 5.56 Å². The maximum Gasteiger partial charge on any atom is 0.123 e. The van der Waals surface area contributed by atoms with Crippen LogP contribution in [0.5, 0.6) is 0 Å². The van der Waals surface area contributed by atoms with E-state index < -0.39 is 0 Å². The molecule has 2 rings (SSSR count). The summed E-state index contributed by atoms with van der Waals surface area (Å²) in [6, 6.07) is 6.35. The van der Waals surface area contributed by atoms with Gasteiger partial charge in [-0.15, -0.1) is 0 Å². The Kier molecular flexibility index (Phi) is 2.79. The normalized spacial score (nSPS) is 27.6. The van der Waals surface area contributed by atoms with Gasteiger partial charge < -0.3 is 9.84 Å². The van der Waals surface area contributed by atoms with Crippen molar-refractivity contribution in [1.29, 1.82) is 0 Å². The van der Waals surface area contributed by atoms with Crippen LogP contribution in [0, 0.1) is 5.82 Å². The minimum Gasteiger partial charge on any atom is -0.393 e. The van der Waals surface area contributed by atoms with E-state index in [0.29, 0.717) is 19.4 Å². The molecule has 1 aliphatic rings. The molecule has 0 aromatic heterocycles. The van der Waals surface area contributed by atoms with Crippen molar-refractivity contribution < 1.29 is 14.2 Å². The van der Waals surface area contributed by atoms with E-state index in [9.17, 15) is 9.50 Å². The lowest BCUT2D eigenvalue weighted by atomic mass is 9.99. The second-order valence-electron chi connectivity index (χ2n) is 3.59. The molecule has 0 amide bonds. The fourth-order valence-electron chi connectivity index (χ4n) is 1.72. The van der Waals surface area contributed by atoms with Crippen LogP contribution < -0.4 is 0 Å². The molecule has 0 spiro atoms. The summed E-state index contributed by atoms with van der Waals surface area (Å²) in [4.78, 5) is 0. The van der Waals surface area contributed by atoms with Crippen LogP contribution in [0.1, 0.15) is 24.5 Å². The number of hydrogen-bond donors (Lipinski definition) is 1. The zero-order valence-corrected chi connectivity index (χ0v) is 7.82. The van der Waals surface area contributed by atoms with Gasteiger partial charge in [0.05, 0.1) is 12.2 Å². The second kappa shape index (κ2) is 4.07. The van der Waals surface area contributed by atoms with Crippen molar-refractivity contribution in [1.82, 2.24) is 0 Å². The Morgan fingerprint density at radius 3 is 3.00 bits per heavy atom. The molecule has 0 bridgehead atoms. The van der Waals surface area contributed by atoms with Crippen molar-refractivity contribution in [3.8, 4) is 0 Å². The van der Waals surface area contributed by atoms with E-state index >= 15 is 0 Å². The summed E-state index contributed by atoms with van der Waals surface area (Å²) in [5, 5.41) is 9.44. The van der Waals surface area contributed by atoms with Gasteiger partial charge in [-0.25, -0.2) is 4.39 Å². The van der Waals surface area contributed by atoms with Gasteiger partial charge in [0.2, 0.25) is 0 Å². The quantitative estimate of drug-likeness (QED) is 0.744. The van der Waals surface area contributed by atoms with Crippen LogP contribution >= 0.6 is 0 Å². The number of rotatable bonds is 1. The first-order valence-corrected chi connectivity index (χ1v) is 4.81. The maximum atomic E-state index is 12.9. The predicted octanol–water partition coefficient (Wildman–Crippen LogP) is 2.04. The Balaban J connectivity index is 2.14. The van der Waals surface area contributed by atoms with Crippen LogP contribution in [-0.4, -0.2) is 17.8 Å². The topological polar surface area (TPSA) is 29.5 Å². The minimum atomic E-state index is -0.322. The molecule has 1 fully saturated rings. The Morgan fingerprint density at radius 2 is 2.29 bits per heavy atom. The monoisotopic (exact) mass is 196 g/mol. The van der Waals surface area contributed by atoms with Crippen molar-refractivity contribution in [2.24, 2.45) is 0 Å². The predicted molar refractivity (Wildman–Crippen MR) is 50.3 cm³/mol. The lowest BCUT2D eigenvalue weighted by molar-refractivity contribution is -0.0449. The van der Waals surface area contributed by atoms with Gasteiger partial charge in [-0.3, -0.25) is 0 Å². The lowest BCUT2D eigenvalue weighted by Gasteiger charge is -2.26. The van der Waals surface area contributed by atoms with E-state index in [1.54, 1.807) is 6.07 Å². The van der Waals surface area contributed by atoms with Crippen molar-refractivity contribution in [2.75, 3.05) is 6.61 Å². The Bertz CT molecular complexity index is 314. The van der Waals surface area contributed by atoms with Crippen LogP contribution in [-0.2, 0) is 4.74 Å². The number of benzene rings is 1. The average molecular weight is 196 g/mol. The third kappa shape index (κ3) is 2.11. The molecule has 0 radical (unpaired) electrons. The van der Waals surface area contributed by atoms with E-state index in [2.05, 4.69) is 0 Å². The molecule has 0 saturated carbocycles. The summed E-state index contributed by atoms with van der Waals surface area (Å²) >= 11 is 0. The summed E-state index contributed by atoms with van der Waals surface area (Å²) < 4.78 is 18.4. The van der Waals surface area contributed by atoms with Gasteiger partial charge in [0, 0.05) is 13.0 Å². The molecule has 76 valence electrons. The third-order valence-electron chi connectivity index (χ3n) is 2.48. The van der Waals surface area contributed by atoms with Gasteiger partial charge in [-0.05, 0) is 24.1 Å². The molecular weight excluding hydrogens is 183 g/mol. The van der Waals surface area contributed by atoms with Crippen molar-refractivity contribution in [2.45, 2.75) is 25.0 Å². The smallest absolute Gasteiger partial charge is 0.123 e. The minimum absolute atomic E-state index is 0.158. The lowest BCUT2D eigenvalue weighted by Crippen LogP contribution is -2.23. The second-order valence-corrected chi connectivity index (χ2v) is 3.59. The molecule has 1 N–H and O–H groups in total. The van der Waals surface area contributed by atoms with E-state index in [1.807, 2.05) is 6.07 Å². The Labute approximate surface area is 82.3 Å². The van der Waals surface area contributed by atoms with E-state index in [4.69, 9.17) is 4.74 Å². The number of ether oxygens (including phenoxy) is 1. The summed E-state index contributed by atoms with van der Waals surface area (Å²) in [7, 11) is 0. The highest BCUT2D eigenvalue weighted by Gasteiger charge is 2.22. The molecule has 3 heteroatoms. The van der Waals surface area contributed by atoms with Crippen molar-refractivity contribution in [3.05, 3.63) is 35.6 Å². The highest BCUT2D eigenvalue weighted by Crippen LogP contribution is 2.28. The van der Waals surface area contributed by atoms with Gasteiger partial charge in [-0.2, -0.15) is 0 Å². The first-order valence-electron chi connectivity index (χ1n) is 4.81. The summed E-state index contributed by atoms with van der Waals surface area (Å²) in [5.74, 6) is -0.258. The number of aliphatic hydroxyl groups excluding tert-OH is 1. The van der Waals surface area contributed by atoms with Gasteiger partial charge in [0.15, 0.2) is 0 Å². The highest BCUT2D eigenvalue weighted by molar-refractivity contribution is 5.19. The van der Waals surface area contributed by atoms with Gasteiger partial charge in [0.25, 0.3) is 0 Å². The molecule has 1 aliphatic heterocycles. The Hall–Kier alpha value is -0.930. The molecule has 1 aromatic rings. The van der Waals surface area contributed by atoms with Crippen LogP contribution in [0.3, 0.4) is 0 Å². The van der Waals surface area contributed by atoms with Gasteiger partial charge in [0.1, 0.15) is 5.82 Å². The molecule has 1 saturated heterocycles. The van der Waals surface area contributed by atoms with Crippen LogP contribution in [0.4, 0.5) is 4.39 Å². The zero-order valence-electron chi connectivity index (χ0n) is 7.82. The molecule has 14 heavy (non-hydrogen) atoms. The highest BCUT2D eigenvalue weighted by atomic mass is 19.1. The van der Waals surface area contributed by atoms with Crippen LogP contribution in [0.2, 0.25) is 0 Å². The molecule has 0 aliphatic carbocycles. The fourth-order valence-corrected chi connectivity index (χ4v) is 1.72. The van der Waals surface area contributed by atoms with E-state index in [-0.39, 0.29) is 18.0 Å². The fraction of sp³-hybridized carbons (Fsp3) is 0.455. The van der Waals surface area contributed by atoms with Gasteiger partial charge >= 0.3 is 0 Å². The van der Waals surface area contributed by atoms with Crippen LogP contribution in [0.25, 0.3) is 0 Å². The molecule has 2 nitrogen and oxygen atoms in total. The molecule has 0 unspecified atom stereocenters. The number of halogens is 1. The Morgan fingerprint density at radius 1 is 1.43 bits per heavy atom. The number of aliphatic hydroxyl groups is 1. The zero-order chi connectivity index (χ0) is 9.97. The number of hydrogen-bond acceptors (Lipinski definition) is 2. The standard InChI is InChI=1S/C11H13FO2/c12-9-3-1-2-8(6-9)11-7-10(13)4-5-14-11/h1-3,6,10-11,13H,4-5,7H2/t10-,11+/m0/s1. The summed E-state index contributed by atoms with van der Waals surface area (Å²) in [6.07, 6.45) is 0.751. The maximum absolute atomic E-state index is 12.9. The first-order chi connectivity index (χ1) is 6.75. The molecule has 1 aromatic carbocycles. The van der Waals surface area contributed by atoms with E-state index in [1.165, 1.54) is 12.1 Å². The van der Waals surface area contributed by atoms with Crippen molar-refractivity contribution >= 4 is 0 Å². The van der Waals surface area contributed by atoms with Crippen molar-refractivity contribution in [3.63, 3.8) is 0 Å². The van der Waals surface area contributed by atoms with Crippen LogP contribution in [0.15, 0.2) is 24.3 Å². The summed E-state index contributed by atoms with van der Waals surface area (Å²) in [5.41, 5.74) is 0.809. The largest absolute Gasteiger partial charge is 0.393 e. The molecule has 2 atom stereocenters.